The van der Waals surface area contributed by atoms with Crippen LogP contribution in [0, 0.1) is 18.4 Å². The lowest BCUT2D eigenvalue weighted by atomic mass is 9.67. The van der Waals surface area contributed by atoms with E-state index in [4.69, 9.17) is 32.4 Å². The van der Waals surface area contributed by atoms with Crippen molar-refractivity contribution < 1.29 is 23.8 Å². The number of ether oxygens (including phenoxy) is 3. The monoisotopic (exact) mass is 502 g/mol. The number of fused-ring (bicyclic) bond motifs is 9. The Morgan fingerprint density at radius 1 is 1.14 bits per heavy atom. The lowest BCUT2D eigenvalue weighted by Gasteiger charge is -2.31. The van der Waals surface area contributed by atoms with Crippen LogP contribution in [-0.2, 0) is 19.1 Å². The van der Waals surface area contributed by atoms with Crippen LogP contribution in [0.4, 0.5) is 11.4 Å². The van der Waals surface area contributed by atoms with E-state index in [1.807, 2.05) is 6.92 Å². The highest BCUT2D eigenvalue weighted by Gasteiger charge is 2.86. The molecule has 2 aromatic heterocycles. The number of benzene rings is 1. The fourth-order valence-corrected chi connectivity index (χ4v) is 6.55. The number of rotatable bonds is 5. The first kappa shape index (κ1) is 21.7. The van der Waals surface area contributed by atoms with Gasteiger partial charge in [-0.05, 0) is 25.1 Å². The second-order valence-corrected chi connectivity index (χ2v) is 10.2. The zero-order valence-electron chi connectivity index (χ0n) is 19.1. The highest BCUT2D eigenvalue weighted by molar-refractivity contribution is 6.30. The number of hydrogen-bond acceptors (Lipinski definition) is 7. The molecule has 4 fully saturated rings. The maximum atomic E-state index is 14.0. The Labute approximate surface area is 210 Å². The van der Waals surface area contributed by atoms with E-state index in [0.29, 0.717) is 39.6 Å². The zero-order chi connectivity index (χ0) is 24.8. The highest BCUT2D eigenvalue weighted by atomic mass is 35.5. The van der Waals surface area contributed by atoms with E-state index in [-0.39, 0.29) is 30.6 Å². The first-order chi connectivity index (χ1) is 17.4. The molecule has 4 saturated heterocycles. The summed E-state index contributed by atoms with van der Waals surface area (Å²) in [7, 11) is 0. The molecule has 1 aromatic carbocycles. The molecule has 0 radical (unpaired) electrons. The maximum Gasteiger partial charge on any atom is 0.240 e. The summed E-state index contributed by atoms with van der Waals surface area (Å²) >= 11 is 5.90. The zero-order valence-corrected chi connectivity index (χ0v) is 19.8. The summed E-state index contributed by atoms with van der Waals surface area (Å²) in [4.78, 5) is 41.1. The van der Waals surface area contributed by atoms with Crippen LogP contribution in [0.1, 0.15) is 13.3 Å². The van der Waals surface area contributed by atoms with Gasteiger partial charge in [-0.25, -0.2) is 14.7 Å². The van der Waals surface area contributed by atoms with Crippen LogP contribution < -0.4 is 9.64 Å². The predicted octanol–water partition coefficient (Wildman–Crippen LogP) is 3.72. The molecule has 180 valence electrons. The number of imide groups is 1. The van der Waals surface area contributed by atoms with Gasteiger partial charge in [0, 0.05) is 30.3 Å². The highest BCUT2D eigenvalue weighted by Crippen LogP contribution is 2.69. The number of aromatic nitrogens is 2. The number of carbonyl (C=O) groups is 2. The summed E-state index contributed by atoms with van der Waals surface area (Å²) in [6, 6.07) is 10.1. The van der Waals surface area contributed by atoms with Crippen molar-refractivity contribution >= 4 is 45.7 Å². The number of halogens is 1. The van der Waals surface area contributed by atoms with Crippen LogP contribution in [0.5, 0.6) is 5.88 Å². The molecule has 9 nitrogen and oxygen atoms in total. The van der Waals surface area contributed by atoms with Gasteiger partial charge < -0.3 is 14.2 Å². The number of hydrogen-bond donors (Lipinski definition) is 0. The summed E-state index contributed by atoms with van der Waals surface area (Å²) in [5, 5.41) is 1.09. The minimum Gasteiger partial charge on any atom is -0.478 e. The van der Waals surface area contributed by atoms with Crippen LogP contribution in [-0.4, -0.2) is 51.8 Å². The number of anilines is 1. The molecule has 2 unspecified atom stereocenters. The molecule has 0 N–H and O–H groups in total. The van der Waals surface area contributed by atoms with Gasteiger partial charge in [-0.15, -0.1) is 0 Å². The molecule has 10 heteroatoms. The lowest BCUT2D eigenvalue weighted by molar-refractivity contribution is -0.145. The van der Waals surface area contributed by atoms with Crippen LogP contribution in [0.2, 0.25) is 5.02 Å². The van der Waals surface area contributed by atoms with Gasteiger partial charge in [-0.2, -0.15) is 0 Å². The fourth-order valence-electron chi connectivity index (χ4n) is 6.44. The molecule has 0 aliphatic carbocycles. The lowest BCUT2D eigenvalue weighted by Crippen LogP contribution is -2.48. The Morgan fingerprint density at radius 2 is 1.97 bits per heavy atom. The van der Waals surface area contributed by atoms with E-state index >= 15 is 0 Å². The molecule has 0 spiro atoms. The molecule has 6 atom stereocenters. The van der Waals surface area contributed by atoms with Crippen LogP contribution in [0.15, 0.2) is 48.8 Å². The van der Waals surface area contributed by atoms with Crippen molar-refractivity contribution in [2.75, 3.05) is 11.5 Å². The van der Waals surface area contributed by atoms with Crippen molar-refractivity contribution in [3.05, 3.63) is 65.2 Å². The third-order valence-electron chi connectivity index (χ3n) is 7.93. The second kappa shape index (κ2) is 7.23. The molecule has 3 aromatic rings. The average molecular weight is 503 g/mol. The van der Waals surface area contributed by atoms with Gasteiger partial charge in [0.15, 0.2) is 0 Å². The average Bonchev–Trinajstić information content (AvgIpc) is 3.54. The first-order valence-corrected chi connectivity index (χ1v) is 12.0. The predicted molar refractivity (Wildman–Crippen MR) is 128 cm³/mol. The molecular weight excluding hydrogens is 484 g/mol. The normalized spacial score (nSPS) is 33.5. The summed E-state index contributed by atoms with van der Waals surface area (Å²) < 4.78 is 18.3. The van der Waals surface area contributed by atoms with Gasteiger partial charge in [0.1, 0.15) is 23.4 Å². The molecule has 0 saturated carbocycles. The molecule has 2 amide bonds. The van der Waals surface area contributed by atoms with Crippen molar-refractivity contribution in [3.63, 3.8) is 0 Å². The molecule has 7 rings (SSSR count). The molecule has 6 heterocycles. The number of epoxide rings is 1. The Hall–Kier alpha value is -3.58. The molecular formula is C26H19ClN4O5. The summed E-state index contributed by atoms with van der Waals surface area (Å²) in [6.07, 6.45) is 2.94. The second-order valence-electron chi connectivity index (χ2n) is 9.71. The Bertz CT molecular complexity index is 1510. The Kier molecular flexibility index (Phi) is 4.35. The smallest absolute Gasteiger partial charge is 0.240 e. The van der Waals surface area contributed by atoms with E-state index in [9.17, 15) is 9.59 Å². The third-order valence-corrected chi connectivity index (χ3v) is 8.15. The van der Waals surface area contributed by atoms with Gasteiger partial charge in [0.05, 0.1) is 41.2 Å². The van der Waals surface area contributed by atoms with Gasteiger partial charge >= 0.3 is 0 Å². The quantitative estimate of drug-likeness (QED) is 0.298. The Morgan fingerprint density at radius 3 is 2.75 bits per heavy atom. The first-order valence-electron chi connectivity index (χ1n) is 11.6. The van der Waals surface area contributed by atoms with E-state index in [2.05, 4.69) is 14.8 Å². The van der Waals surface area contributed by atoms with Gasteiger partial charge in [-0.3, -0.25) is 14.6 Å². The molecule has 4 aliphatic rings. The van der Waals surface area contributed by atoms with Crippen LogP contribution >= 0.6 is 11.6 Å². The van der Waals surface area contributed by atoms with Gasteiger partial charge in [0.2, 0.25) is 23.4 Å². The van der Waals surface area contributed by atoms with Gasteiger partial charge in [0.25, 0.3) is 0 Å². The largest absolute Gasteiger partial charge is 0.478 e. The van der Waals surface area contributed by atoms with Crippen LogP contribution in [0.25, 0.3) is 15.7 Å². The van der Waals surface area contributed by atoms with E-state index in [0.717, 1.165) is 0 Å². The SMILES string of the molecule is [C-]#[N+]c1ccc(N2C(=O)[C@@H]3[C@H](C2=O)C2(C)OC3(CCOc3ccc(Cl)cn3)[C@H]3O[C@H]32)c2cccnc12. The molecule has 4 aliphatic heterocycles. The van der Waals surface area contributed by atoms with Gasteiger partial charge in [-0.1, -0.05) is 23.7 Å². The fraction of sp³-hybridized carbons (Fsp3) is 0.346. The number of nitrogens with zero attached hydrogens (tertiary/aromatic N) is 4. The Balaban J connectivity index is 1.25. The van der Waals surface area contributed by atoms with Crippen molar-refractivity contribution in [3.8, 4) is 5.88 Å². The maximum absolute atomic E-state index is 14.0. The van der Waals surface area contributed by atoms with E-state index < -0.39 is 23.0 Å². The minimum absolute atomic E-state index is 0.231. The number of carbonyl (C=O) groups excluding carboxylic acids is 2. The standard InChI is InChI=1S/C26H19ClN4O5/c1-25-18-19(26(36-25,22-21(25)35-22)9-11-34-17-8-5-13(27)12-30-17)24(33)31(23(18)32)16-7-6-15(28-2)20-14(16)4-3-10-29-20/h3-8,10,12,18-19,21-22H,9,11H2,1H3/t18-,19+,21-,22+,25?,26?/m1/s1. The minimum atomic E-state index is -0.970. The van der Waals surface area contributed by atoms with E-state index in [1.54, 1.807) is 42.6 Å². The van der Waals surface area contributed by atoms with Crippen molar-refractivity contribution in [2.45, 2.75) is 36.8 Å². The summed E-state index contributed by atoms with van der Waals surface area (Å²) in [6.45, 7) is 9.54. The van der Waals surface area contributed by atoms with Crippen molar-refractivity contribution in [2.24, 2.45) is 11.8 Å². The summed E-state index contributed by atoms with van der Waals surface area (Å²) in [5.41, 5.74) is -0.618. The van der Waals surface area contributed by atoms with E-state index in [1.165, 1.54) is 11.1 Å². The topological polar surface area (TPSA) is 98.5 Å². The van der Waals surface area contributed by atoms with Crippen molar-refractivity contribution in [1.29, 1.82) is 0 Å². The summed E-state index contributed by atoms with van der Waals surface area (Å²) in [5.74, 6) is -1.60. The molecule has 2 bridgehead atoms. The van der Waals surface area contributed by atoms with Crippen LogP contribution in [0.3, 0.4) is 0 Å². The number of pyridine rings is 2. The number of amides is 2. The molecule has 36 heavy (non-hydrogen) atoms. The van der Waals surface area contributed by atoms with Crippen molar-refractivity contribution in [1.82, 2.24) is 9.97 Å². The third kappa shape index (κ3) is 2.66.